The summed E-state index contributed by atoms with van der Waals surface area (Å²) in [5.41, 5.74) is 1.21. The standard InChI is InChI=1S/C8H7N.C6H4BrClO2S/c1-2-4-8-7(3-1)5-6-9-8;7-5-3-1-2-4-6(5)11(8,9)10/h1-6,9H;1-4H. The molecule has 0 unspecified atom stereocenters. The first kappa shape index (κ1) is 15.1. The molecule has 0 spiro atoms. The molecule has 6 heteroatoms. The molecular weight excluding hydrogens is 362 g/mol. The van der Waals surface area contributed by atoms with Crippen LogP contribution < -0.4 is 0 Å². The summed E-state index contributed by atoms with van der Waals surface area (Å²) in [6, 6.07) is 16.7. The van der Waals surface area contributed by atoms with Crippen molar-refractivity contribution < 1.29 is 8.42 Å². The maximum Gasteiger partial charge on any atom is 0.262 e. The largest absolute Gasteiger partial charge is 0.361 e. The van der Waals surface area contributed by atoms with Crippen LogP contribution in [0.3, 0.4) is 0 Å². The first-order valence-corrected chi connectivity index (χ1v) is 8.80. The van der Waals surface area contributed by atoms with Gasteiger partial charge in [-0.05, 0) is 45.6 Å². The van der Waals surface area contributed by atoms with Gasteiger partial charge in [-0.1, -0.05) is 30.3 Å². The van der Waals surface area contributed by atoms with Crippen LogP contribution in [0.1, 0.15) is 0 Å². The molecule has 1 aromatic heterocycles. The molecule has 0 saturated carbocycles. The van der Waals surface area contributed by atoms with Crippen molar-refractivity contribution in [2.24, 2.45) is 0 Å². The van der Waals surface area contributed by atoms with Gasteiger partial charge in [0.15, 0.2) is 0 Å². The van der Waals surface area contributed by atoms with Crippen molar-refractivity contribution in [3.8, 4) is 0 Å². The molecule has 3 aromatic rings. The minimum absolute atomic E-state index is 0.0988. The Hall–Kier alpha value is -1.30. The second-order valence-corrected chi connectivity index (χ2v) is 7.32. The lowest BCUT2D eigenvalue weighted by molar-refractivity contribution is 0.609. The first-order chi connectivity index (χ1) is 9.48. The highest BCUT2D eigenvalue weighted by Crippen LogP contribution is 2.23. The molecule has 0 radical (unpaired) electrons. The molecule has 0 saturated heterocycles. The number of aromatic nitrogens is 1. The molecular formula is C14H11BrClNO2S. The van der Waals surface area contributed by atoms with E-state index in [1.54, 1.807) is 18.2 Å². The van der Waals surface area contributed by atoms with Gasteiger partial charge in [0.2, 0.25) is 0 Å². The molecule has 1 heterocycles. The lowest BCUT2D eigenvalue weighted by Crippen LogP contribution is -1.90. The Balaban J connectivity index is 0.000000149. The van der Waals surface area contributed by atoms with E-state index in [2.05, 4.69) is 39.1 Å². The monoisotopic (exact) mass is 371 g/mol. The maximum atomic E-state index is 10.8. The Morgan fingerprint density at radius 2 is 1.60 bits per heavy atom. The van der Waals surface area contributed by atoms with E-state index in [0.29, 0.717) is 4.47 Å². The van der Waals surface area contributed by atoms with Crippen LogP contribution in [0.4, 0.5) is 0 Å². The van der Waals surface area contributed by atoms with Gasteiger partial charge in [0.1, 0.15) is 0 Å². The number of nitrogens with one attached hydrogen (secondary N) is 1. The lowest BCUT2D eigenvalue weighted by Gasteiger charge is -1.96. The fourth-order valence-corrected chi connectivity index (χ4v) is 3.79. The van der Waals surface area contributed by atoms with Crippen LogP contribution in [0, 0.1) is 0 Å². The Morgan fingerprint density at radius 1 is 0.950 bits per heavy atom. The van der Waals surface area contributed by atoms with Gasteiger partial charge in [-0.2, -0.15) is 0 Å². The van der Waals surface area contributed by atoms with E-state index in [-0.39, 0.29) is 4.90 Å². The van der Waals surface area contributed by atoms with Gasteiger partial charge >= 0.3 is 0 Å². The van der Waals surface area contributed by atoms with Gasteiger partial charge in [-0.25, -0.2) is 8.42 Å². The Labute approximate surface area is 130 Å². The zero-order chi connectivity index (χ0) is 14.6. The lowest BCUT2D eigenvalue weighted by atomic mass is 10.3. The summed E-state index contributed by atoms with van der Waals surface area (Å²) >= 11 is 3.07. The third kappa shape index (κ3) is 3.85. The molecule has 0 aliphatic rings. The van der Waals surface area contributed by atoms with Crippen molar-refractivity contribution in [1.82, 2.24) is 4.98 Å². The van der Waals surface area contributed by atoms with Crippen LogP contribution in [0.5, 0.6) is 0 Å². The number of hydrogen-bond donors (Lipinski definition) is 1. The number of halogens is 2. The van der Waals surface area contributed by atoms with E-state index in [9.17, 15) is 8.42 Å². The number of aromatic amines is 1. The molecule has 0 aliphatic carbocycles. The van der Waals surface area contributed by atoms with E-state index in [1.165, 1.54) is 17.0 Å². The van der Waals surface area contributed by atoms with E-state index >= 15 is 0 Å². The van der Waals surface area contributed by atoms with E-state index in [0.717, 1.165) is 0 Å². The summed E-state index contributed by atoms with van der Waals surface area (Å²) in [7, 11) is 1.50. The molecule has 0 fully saturated rings. The molecule has 0 bridgehead atoms. The second kappa shape index (κ2) is 6.43. The number of rotatable bonds is 1. The minimum atomic E-state index is -3.61. The highest BCUT2D eigenvalue weighted by atomic mass is 79.9. The van der Waals surface area contributed by atoms with Gasteiger partial charge in [0.25, 0.3) is 9.05 Å². The van der Waals surface area contributed by atoms with Crippen LogP contribution in [-0.4, -0.2) is 13.4 Å². The third-order valence-electron chi connectivity index (χ3n) is 2.56. The zero-order valence-corrected chi connectivity index (χ0v) is 13.4. The maximum absolute atomic E-state index is 10.8. The molecule has 0 amide bonds. The molecule has 0 aliphatic heterocycles. The zero-order valence-electron chi connectivity index (χ0n) is 10.3. The van der Waals surface area contributed by atoms with Crippen LogP contribution in [-0.2, 0) is 9.05 Å². The predicted octanol–water partition coefficient (Wildman–Crippen LogP) is 4.54. The van der Waals surface area contributed by atoms with Crippen molar-refractivity contribution >= 4 is 46.6 Å². The quantitative estimate of drug-likeness (QED) is 0.637. The number of fused-ring (bicyclic) bond motifs is 1. The molecule has 1 N–H and O–H groups in total. The normalized spacial score (nSPS) is 10.9. The Bertz CT molecular complexity index is 784. The van der Waals surface area contributed by atoms with Crippen molar-refractivity contribution in [2.75, 3.05) is 0 Å². The fraction of sp³-hybridized carbons (Fsp3) is 0. The number of H-pyrrole nitrogens is 1. The molecule has 0 atom stereocenters. The van der Waals surface area contributed by atoms with Crippen LogP contribution in [0.15, 0.2) is 70.2 Å². The van der Waals surface area contributed by atoms with Crippen LogP contribution in [0.2, 0.25) is 0 Å². The summed E-state index contributed by atoms with van der Waals surface area (Å²) in [4.78, 5) is 3.22. The average Bonchev–Trinajstić information content (AvgIpc) is 2.87. The Morgan fingerprint density at radius 3 is 2.20 bits per heavy atom. The van der Waals surface area contributed by atoms with Crippen LogP contribution in [0.25, 0.3) is 10.9 Å². The number of benzene rings is 2. The van der Waals surface area contributed by atoms with Gasteiger partial charge in [-0.15, -0.1) is 0 Å². The van der Waals surface area contributed by atoms with E-state index in [1.807, 2.05) is 18.3 Å². The topological polar surface area (TPSA) is 49.9 Å². The van der Waals surface area contributed by atoms with Crippen molar-refractivity contribution in [2.45, 2.75) is 4.90 Å². The van der Waals surface area contributed by atoms with E-state index < -0.39 is 9.05 Å². The first-order valence-electron chi connectivity index (χ1n) is 5.70. The molecule has 3 rings (SSSR count). The van der Waals surface area contributed by atoms with Gasteiger partial charge in [-0.3, -0.25) is 0 Å². The molecule has 104 valence electrons. The van der Waals surface area contributed by atoms with Gasteiger partial charge < -0.3 is 4.98 Å². The molecule has 2 aromatic carbocycles. The highest BCUT2D eigenvalue weighted by molar-refractivity contribution is 9.10. The minimum Gasteiger partial charge on any atom is -0.361 e. The van der Waals surface area contributed by atoms with E-state index in [4.69, 9.17) is 10.7 Å². The number of para-hydroxylation sites is 1. The van der Waals surface area contributed by atoms with Crippen LogP contribution >= 0.6 is 26.6 Å². The molecule has 20 heavy (non-hydrogen) atoms. The van der Waals surface area contributed by atoms with Gasteiger partial charge in [0.05, 0.1) is 4.90 Å². The Kier molecular flexibility index (Phi) is 4.86. The predicted molar refractivity (Wildman–Crippen MR) is 85.5 cm³/mol. The highest BCUT2D eigenvalue weighted by Gasteiger charge is 2.12. The van der Waals surface area contributed by atoms with Crippen molar-refractivity contribution in [3.63, 3.8) is 0 Å². The number of hydrogen-bond acceptors (Lipinski definition) is 2. The summed E-state index contributed by atoms with van der Waals surface area (Å²) in [5, 5.41) is 1.28. The summed E-state index contributed by atoms with van der Waals surface area (Å²) in [6.45, 7) is 0. The summed E-state index contributed by atoms with van der Waals surface area (Å²) < 4.78 is 22.1. The third-order valence-corrected chi connectivity index (χ3v) is 4.90. The SMILES string of the molecule is O=S(=O)(Cl)c1ccccc1Br.c1ccc2[nH]ccc2c1. The fourth-order valence-electron chi connectivity index (χ4n) is 1.64. The summed E-state index contributed by atoms with van der Waals surface area (Å²) in [6.07, 6.45) is 1.95. The summed E-state index contributed by atoms with van der Waals surface area (Å²) in [5.74, 6) is 0. The second-order valence-electron chi connectivity index (χ2n) is 3.93. The van der Waals surface area contributed by atoms with Crippen molar-refractivity contribution in [1.29, 1.82) is 0 Å². The van der Waals surface area contributed by atoms with Gasteiger partial charge in [0, 0.05) is 26.9 Å². The average molecular weight is 373 g/mol. The smallest absolute Gasteiger partial charge is 0.262 e. The molecule has 3 nitrogen and oxygen atoms in total. The van der Waals surface area contributed by atoms with Crippen molar-refractivity contribution in [3.05, 3.63) is 65.3 Å².